The zero-order valence-corrected chi connectivity index (χ0v) is 16.3. The summed E-state index contributed by atoms with van der Waals surface area (Å²) in [5, 5.41) is 6.70. The maximum atomic E-state index is 6.28. The number of benzene rings is 4. The van der Waals surface area contributed by atoms with Crippen LogP contribution in [0.2, 0.25) is 5.02 Å². The van der Waals surface area contributed by atoms with Gasteiger partial charge in [-0.05, 0) is 28.5 Å². The Morgan fingerprint density at radius 3 is 2.32 bits per heavy atom. The topological polar surface area (TPSA) is 21.3 Å². The summed E-state index contributed by atoms with van der Waals surface area (Å²) in [6.45, 7) is 1.99. The molecular weight excluding hydrogens is 366 g/mol. The smallest absolute Gasteiger partial charge is 0.124 e. The molecule has 0 radical (unpaired) electrons. The fourth-order valence-corrected chi connectivity index (χ4v) is 3.52. The molecule has 0 aliphatic heterocycles. The van der Waals surface area contributed by atoms with Crippen molar-refractivity contribution in [3.05, 3.63) is 113 Å². The van der Waals surface area contributed by atoms with Gasteiger partial charge in [-0.2, -0.15) is 0 Å². The van der Waals surface area contributed by atoms with Gasteiger partial charge in [0.15, 0.2) is 0 Å². The molecule has 4 aromatic carbocycles. The van der Waals surface area contributed by atoms with Crippen LogP contribution in [-0.2, 0) is 19.7 Å². The molecule has 0 aliphatic carbocycles. The molecule has 4 aromatic rings. The van der Waals surface area contributed by atoms with Gasteiger partial charge in [0.2, 0.25) is 0 Å². The molecule has 28 heavy (non-hydrogen) atoms. The van der Waals surface area contributed by atoms with Gasteiger partial charge in [-0.3, -0.25) is 0 Å². The maximum Gasteiger partial charge on any atom is 0.124 e. The zero-order chi connectivity index (χ0) is 19.2. The summed E-state index contributed by atoms with van der Waals surface area (Å²) in [7, 11) is 0. The highest BCUT2D eigenvalue weighted by Gasteiger charge is 2.10. The third kappa shape index (κ3) is 4.36. The van der Waals surface area contributed by atoms with Crippen LogP contribution in [0.15, 0.2) is 91.0 Å². The number of fused-ring (bicyclic) bond motifs is 1. The van der Waals surface area contributed by atoms with Crippen LogP contribution in [0.5, 0.6) is 5.75 Å². The monoisotopic (exact) mass is 387 g/mol. The van der Waals surface area contributed by atoms with Crippen molar-refractivity contribution in [3.8, 4) is 5.75 Å². The van der Waals surface area contributed by atoms with Crippen LogP contribution in [0.1, 0.15) is 16.7 Å². The molecule has 0 atom stereocenters. The first-order valence-electron chi connectivity index (χ1n) is 9.43. The van der Waals surface area contributed by atoms with Crippen LogP contribution in [0.25, 0.3) is 10.8 Å². The van der Waals surface area contributed by atoms with E-state index in [1.54, 1.807) is 0 Å². The lowest BCUT2D eigenvalue weighted by atomic mass is 10.0. The second-order valence-electron chi connectivity index (χ2n) is 6.73. The Bertz CT molecular complexity index is 1060. The highest BCUT2D eigenvalue weighted by molar-refractivity contribution is 6.31. The molecule has 1 N–H and O–H groups in total. The van der Waals surface area contributed by atoms with Gasteiger partial charge in [0.25, 0.3) is 0 Å². The van der Waals surface area contributed by atoms with E-state index in [2.05, 4.69) is 66.0 Å². The number of halogens is 1. The van der Waals surface area contributed by atoms with Crippen molar-refractivity contribution in [1.29, 1.82) is 0 Å². The molecule has 3 heteroatoms. The van der Waals surface area contributed by atoms with E-state index in [1.165, 1.54) is 21.9 Å². The minimum Gasteiger partial charge on any atom is -0.488 e. The van der Waals surface area contributed by atoms with Gasteiger partial charge >= 0.3 is 0 Å². The lowest BCUT2D eigenvalue weighted by molar-refractivity contribution is 0.303. The molecule has 0 aromatic heterocycles. The van der Waals surface area contributed by atoms with Gasteiger partial charge in [0.1, 0.15) is 12.4 Å². The number of hydrogen-bond acceptors (Lipinski definition) is 2. The third-order valence-electron chi connectivity index (χ3n) is 4.81. The SMILES string of the molecule is Clc1ccccc1COc1ccc2ccccc2c1CNCc1ccccc1. The molecule has 0 bridgehead atoms. The molecule has 0 heterocycles. The summed E-state index contributed by atoms with van der Waals surface area (Å²) in [5.74, 6) is 0.888. The van der Waals surface area contributed by atoms with Crippen molar-refractivity contribution in [1.82, 2.24) is 5.32 Å². The van der Waals surface area contributed by atoms with Crippen LogP contribution < -0.4 is 10.1 Å². The van der Waals surface area contributed by atoms with E-state index in [4.69, 9.17) is 16.3 Å². The Morgan fingerprint density at radius 2 is 1.46 bits per heavy atom. The van der Waals surface area contributed by atoms with Crippen LogP contribution in [0.4, 0.5) is 0 Å². The molecular formula is C25H22ClNO. The van der Waals surface area contributed by atoms with E-state index >= 15 is 0 Å². The molecule has 4 rings (SSSR count). The van der Waals surface area contributed by atoms with Crippen molar-refractivity contribution in [3.63, 3.8) is 0 Å². The second kappa shape index (κ2) is 8.92. The van der Waals surface area contributed by atoms with E-state index < -0.39 is 0 Å². The molecule has 0 spiro atoms. The van der Waals surface area contributed by atoms with Crippen LogP contribution >= 0.6 is 11.6 Å². The number of hydrogen-bond donors (Lipinski definition) is 1. The zero-order valence-electron chi connectivity index (χ0n) is 15.6. The van der Waals surface area contributed by atoms with Gasteiger partial charge < -0.3 is 10.1 Å². The molecule has 0 amide bonds. The Kier molecular flexibility index (Phi) is 5.91. The van der Waals surface area contributed by atoms with Crippen molar-refractivity contribution in [2.24, 2.45) is 0 Å². The molecule has 0 aliphatic rings. The summed E-state index contributed by atoms with van der Waals surface area (Å²) in [4.78, 5) is 0. The van der Waals surface area contributed by atoms with Crippen molar-refractivity contribution in [2.45, 2.75) is 19.7 Å². The summed E-state index contributed by atoms with van der Waals surface area (Å²) >= 11 is 6.28. The first-order valence-corrected chi connectivity index (χ1v) is 9.80. The lowest BCUT2D eigenvalue weighted by Gasteiger charge is -2.16. The largest absolute Gasteiger partial charge is 0.488 e. The van der Waals surface area contributed by atoms with Crippen LogP contribution in [0.3, 0.4) is 0 Å². The summed E-state index contributed by atoms with van der Waals surface area (Å²) in [6.07, 6.45) is 0. The van der Waals surface area contributed by atoms with E-state index in [-0.39, 0.29) is 0 Å². The highest BCUT2D eigenvalue weighted by atomic mass is 35.5. The first kappa shape index (κ1) is 18.5. The van der Waals surface area contributed by atoms with E-state index in [9.17, 15) is 0 Å². The quantitative estimate of drug-likeness (QED) is 0.398. The van der Waals surface area contributed by atoms with Gasteiger partial charge in [-0.25, -0.2) is 0 Å². The fraction of sp³-hybridized carbons (Fsp3) is 0.120. The van der Waals surface area contributed by atoms with E-state index in [1.807, 2.05) is 30.3 Å². The maximum absolute atomic E-state index is 6.28. The van der Waals surface area contributed by atoms with Crippen LogP contribution in [0, 0.1) is 0 Å². The lowest BCUT2D eigenvalue weighted by Crippen LogP contribution is -2.14. The summed E-state index contributed by atoms with van der Waals surface area (Å²) < 4.78 is 6.19. The van der Waals surface area contributed by atoms with Crippen molar-refractivity contribution in [2.75, 3.05) is 0 Å². The molecule has 140 valence electrons. The van der Waals surface area contributed by atoms with Gasteiger partial charge in [0, 0.05) is 29.2 Å². The summed E-state index contributed by atoms with van der Waals surface area (Å²) in [6, 6.07) is 30.8. The third-order valence-corrected chi connectivity index (χ3v) is 5.18. The van der Waals surface area contributed by atoms with Crippen molar-refractivity contribution >= 4 is 22.4 Å². The van der Waals surface area contributed by atoms with Gasteiger partial charge in [-0.15, -0.1) is 0 Å². The second-order valence-corrected chi connectivity index (χ2v) is 7.14. The normalized spacial score (nSPS) is 10.9. The Hall–Kier alpha value is -2.81. The molecule has 0 fully saturated rings. The number of nitrogens with one attached hydrogen (secondary N) is 1. The summed E-state index contributed by atoms with van der Waals surface area (Å²) in [5.41, 5.74) is 3.42. The fourth-order valence-electron chi connectivity index (χ4n) is 3.33. The molecule has 2 nitrogen and oxygen atoms in total. The van der Waals surface area contributed by atoms with Crippen LogP contribution in [-0.4, -0.2) is 0 Å². The highest BCUT2D eigenvalue weighted by Crippen LogP contribution is 2.29. The average molecular weight is 388 g/mol. The predicted octanol–water partition coefficient (Wildman–Crippen LogP) is 6.36. The average Bonchev–Trinajstić information content (AvgIpc) is 2.74. The number of ether oxygens (including phenoxy) is 1. The van der Waals surface area contributed by atoms with E-state index in [0.29, 0.717) is 6.61 Å². The van der Waals surface area contributed by atoms with Gasteiger partial charge in [0.05, 0.1) is 0 Å². The van der Waals surface area contributed by atoms with Crippen molar-refractivity contribution < 1.29 is 4.74 Å². The molecule has 0 saturated heterocycles. The van der Waals surface area contributed by atoms with E-state index in [0.717, 1.165) is 29.4 Å². The first-order chi connectivity index (χ1) is 13.8. The minimum atomic E-state index is 0.448. The Balaban J connectivity index is 1.56. The molecule has 0 saturated carbocycles. The Morgan fingerprint density at radius 1 is 0.714 bits per heavy atom. The predicted molar refractivity (Wildman–Crippen MR) is 117 cm³/mol. The number of rotatable bonds is 7. The standard InChI is InChI=1S/C25H22ClNO/c26-24-13-7-5-11-21(24)18-28-25-15-14-20-10-4-6-12-22(20)23(25)17-27-16-19-8-2-1-3-9-19/h1-15,27H,16-18H2. The van der Waals surface area contributed by atoms with Gasteiger partial charge in [-0.1, -0.05) is 90.5 Å². The minimum absolute atomic E-state index is 0.448. The Labute approximate surface area is 170 Å². The molecule has 0 unspecified atom stereocenters.